The molecule has 0 aromatic heterocycles. The number of nitrogens with two attached hydrogens (primary N) is 1. The molecule has 0 amide bonds. The van der Waals surface area contributed by atoms with Crippen LogP contribution < -0.4 is 15.2 Å². The van der Waals surface area contributed by atoms with Crippen LogP contribution >= 0.6 is 0 Å². The lowest BCUT2D eigenvalue weighted by Gasteiger charge is -2.23. The van der Waals surface area contributed by atoms with Crippen molar-refractivity contribution in [2.75, 3.05) is 13.2 Å². The molecule has 1 rings (SSSR count). The number of carbonyl (C=O) groups excluding carboxylic acids is 4. The van der Waals surface area contributed by atoms with Gasteiger partial charge in [0.25, 0.3) is 0 Å². The van der Waals surface area contributed by atoms with Crippen molar-refractivity contribution in [3.05, 3.63) is 23.8 Å². The van der Waals surface area contributed by atoms with Gasteiger partial charge in [-0.15, -0.1) is 0 Å². The molecule has 232 valence electrons. The number of esters is 1. The number of carbonyl (C=O) groups is 4. The molecule has 0 heterocycles. The van der Waals surface area contributed by atoms with E-state index in [1.165, 1.54) is 12.1 Å². The SMILES string of the molecule is CC(C)COC(=O)Oc1ccc(C[C@H](N)C(=O)O[C@@H](C)[C@H](C)OC(=O)OC(C)C(C)C)cc1OC(=O)OCC(C)C. The Balaban J connectivity index is 2.89. The van der Waals surface area contributed by atoms with Gasteiger partial charge in [-0.1, -0.05) is 47.6 Å². The topological polar surface area (TPSA) is 159 Å². The van der Waals surface area contributed by atoms with E-state index in [4.69, 9.17) is 38.9 Å². The van der Waals surface area contributed by atoms with Gasteiger partial charge in [0.2, 0.25) is 0 Å². The third-order valence-corrected chi connectivity index (χ3v) is 5.69. The van der Waals surface area contributed by atoms with Crippen LogP contribution in [0.2, 0.25) is 0 Å². The third-order valence-electron chi connectivity index (χ3n) is 5.69. The van der Waals surface area contributed by atoms with E-state index < -0.39 is 42.7 Å². The van der Waals surface area contributed by atoms with Crippen LogP contribution in [-0.4, -0.2) is 62.0 Å². The minimum atomic E-state index is -1.11. The molecule has 41 heavy (non-hydrogen) atoms. The molecule has 0 aliphatic carbocycles. The summed E-state index contributed by atoms with van der Waals surface area (Å²) >= 11 is 0. The minimum absolute atomic E-state index is 0.00971. The Labute approximate surface area is 242 Å². The van der Waals surface area contributed by atoms with Crippen molar-refractivity contribution in [1.82, 2.24) is 0 Å². The maximum absolute atomic E-state index is 12.7. The molecule has 2 N–H and O–H groups in total. The van der Waals surface area contributed by atoms with E-state index in [0.717, 1.165) is 0 Å². The number of benzene rings is 1. The zero-order valence-electron chi connectivity index (χ0n) is 25.5. The van der Waals surface area contributed by atoms with Crippen molar-refractivity contribution < 1.29 is 52.3 Å². The lowest BCUT2D eigenvalue weighted by molar-refractivity contribution is -0.155. The summed E-state index contributed by atoms with van der Waals surface area (Å²) in [5.41, 5.74) is 6.55. The van der Waals surface area contributed by atoms with Crippen LogP contribution in [0.15, 0.2) is 18.2 Å². The molecule has 1 aromatic rings. The van der Waals surface area contributed by atoms with E-state index in [-0.39, 0.29) is 55.0 Å². The van der Waals surface area contributed by atoms with Crippen molar-refractivity contribution >= 4 is 24.4 Å². The second-order valence-corrected chi connectivity index (χ2v) is 11.0. The highest BCUT2D eigenvalue weighted by Crippen LogP contribution is 2.30. The average molecular weight is 584 g/mol. The Morgan fingerprint density at radius 2 is 1.15 bits per heavy atom. The molecule has 0 spiro atoms. The van der Waals surface area contributed by atoms with Crippen LogP contribution in [0, 0.1) is 17.8 Å². The molecule has 0 fully saturated rings. The molecule has 0 aliphatic rings. The van der Waals surface area contributed by atoms with Crippen LogP contribution in [0.4, 0.5) is 14.4 Å². The number of rotatable bonds is 14. The highest BCUT2D eigenvalue weighted by atomic mass is 16.8. The standard InChI is InChI=1S/C29H45NO11/c1-16(2)14-35-27(32)40-24-11-10-22(13-25(24)41-28(33)36-15-17(3)4)12-23(30)26(31)37-20(8)21(9)39-29(34)38-19(7)18(5)6/h10-11,13,16-21,23H,12,14-15,30H2,1-9H3/t19?,20-,21-,23-/m0/s1. The average Bonchev–Trinajstić information content (AvgIpc) is 2.87. The summed E-state index contributed by atoms with van der Waals surface area (Å²) in [7, 11) is 0. The van der Waals surface area contributed by atoms with E-state index in [1.54, 1.807) is 26.8 Å². The summed E-state index contributed by atoms with van der Waals surface area (Å²) in [6.07, 6.45) is -4.77. The number of hydrogen-bond acceptors (Lipinski definition) is 12. The second kappa shape index (κ2) is 17.3. The summed E-state index contributed by atoms with van der Waals surface area (Å²) in [6.45, 7) is 16.4. The van der Waals surface area contributed by atoms with Crippen LogP contribution in [-0.2, 0) is 34.9 Å². The molecule has 12 heteroatoms. The lowest BCUT2D eigenvalue weighted by atomic mass is 10.1. The molecule has 12 nitrogen and oxygen atoms in total. The van der Waals surface area contributed by atoms with Crippen LogP contribution in [0.1, 0.15) is 67.9 Å². The first-order chi connectivity index (χ1) is 19.1. The zero-order chi connectivity index (χ0) is 31.3. The van der Waals surface area contributed by atoms with Gasteiger partial charge in [0.1, 0.15) is 24.4 Å². The summed E-state index contributed by atoms with van der Waals surface area (Å²) in [5, 5.41) is 0. The van der Waals surface area contributed by atoms with E-state index >= 15 is 0 Å². The predicted molar refractivity (Wildman–Crippen MR) is 149 cm³/mol. The van der Waals surface area contributed by atoms with E-state index in [0.29, 0.717) is 5.56 Å². The number of hydrogen-bond donors (Lipinski definition) is 1. The maximum atomic E-state index is 12.7. The van der Waals surface area contributed by atoms with Gasteiger partial charge in [0.05, 0.1) is 13.2 Å². The third kappa shape index (κ3) is 14.1. The summed E-state index contributed by atoms with van der Waals surface area (Å²) in [5.74, 6) is -0.673. The Bertz CT molecular complexity index is 1010. The van der Waals surface area contributed by atoms with Crippen LogP contribution in [0.25, 0.3) is 0 Å². The monoisotopic (exact) mass is 583 g/mol. The van der Waals surface area contributed by atoms with Gasteiger partial charge in [0, 0.05) is 0 Å². The first-order valence-electron chi connectivity index (χ1n) is 13.7. The van der Waals surface area contributed by atoms with E-state index in [2.05, 4.69) is 0 Å². The summed E-state index contributed by atoms with van der Waals surface area (Å²) in [6, 6.07) is 3.22. The summed E-state index contributed by atoms with van der Waals surface area (Å²) < 4.78 is 36.3. The zero-order valence-corrected chi connectivity index (χ0v) is 25.5. The molecule has 4 atom stereocenters. The lowest BCUT2D eigenvalue weighted by Crippen LogP contribution is -2.39. The summed E-state index contributed by atoms with van der Waals surface area (Å²) in [4.78, 5) is 48.9. The fourth-order valence-corrected chi connectivity index (χ4v) is 2.82. The highest BCUT2D eigenvalue weighted by molar-refractivity contribution is 5.76. The molecule has 0 radical (unpaired) electrons. The van der Waals surface area contributed by atoms with Gasteiger partial charge in [0.15, 0.2) is 11.5 Å². The van der Waals surface area contributed by atoms with Crippen molar-refractivity contribution in [1.29, 1.82) is 0 Å². The normalized spacial score (nSPS) is 14.1. The quantitative estimate of drug-likeness (QED) is 0.169. The van der Waals surface area contributed by atoms with E-state index in [9.17, 15) is 19.2 Å². The Kier molecular flexibility index (Phi) is 15.0. The van der Waals surface area contributed by atoms with Crippen molar-refractivity contribution in [3.8, 4) is 11.5 Å². The molecular weight excluding hydrogens is 538 g/mol. The largest absolute Gasteiger partial charge is 0.513 e. The smallest absolute Gasteiger partial charge is 0.458 e. The molecule has 1 aromatic carbocycles. The predicted octanol–water partition coefficient (Wildman–Crippen LogP) is 5.42. The Morgan fingerprint density at radius 1 is 0.659 bits per heavy atom. The second-order valence-electron chi connectivity index (χ2n) is 11.0. The van der Waals surface area contributed by atoms with Gasteiger partial charge >= 0.3 is 24.4 Å². The Morgan fingerprint density at radius 3 is 1.66 bits per heavy atom. The molecule has 0 bridgehead atoms. The van der Waals surface area contributed by atoms with Gasteiger partial charge in [-0.3, -0.25) is 4.79 Å². The molecule has 0 saturated heterocycles. The van der Waals surface area contributed by atoms with Gasteiger partial charge in [-0.2, -0.15) is 0 Å². The van der Waals surface area contributed by atoms with Crippen molar-refractivity contribution in [2.45, 2.75) is 93.1 Å². The van der Waals surface area contributed by atoms with Gasteiger partial charge in [-0.25, -0.2) is 14.4 Å². The van der Waals surface area contributed by atoms with Crippen molar-refractivity contribution in [3.63, 3.8) is 0 Å². The fraction of sp³-hybridized carbons (Fsp3) is 0.655. The first kappa shape index (κ1) is 35.5. The molecule has 1 unspecified atom stereocenters. The Hall–Kier alpha value is -3.54. The van der Waals surface area contributed by atoms with Crippen LogP contribution in [0.5, 0.6) is 11.5 Å². The van der Waals surface area contributed by atoms with E-state index in [1.807, 2.05) is 41.5 Å². The fourth-order valence-electron chi connectivity index (χ4n) is 2.82. The van der Waals surface area contributed by atoms with Gasteiger partial charge in [-0.05, 0) is 62.6 Å². The van der Waals surface area contributed by atoms with Crippen LogP contribution in [0.3, 0.4) is 0 Å². The minimum Gasteiger partial charge on any atom is -0.458 e. The molecule has 0 aliphatic heterocycles. The first-order valence-corrected chi connectivity index (χ1v) is 13.7. The molecular formula is C29H45NO11. The molecule has 0 saturated carbocycles. The highest BCUT2D eigenvalue weighted by Gasteiger charge is 2.26. The van der Waals surface area contributed by atoms with Gasteiger partial charge < -0.3 is 38.9 Å². The number of ether oxygens (including phenoxy) is 7. The van der Waals surface area contributed by atoms with Crippen molar-refractivity contribution in [2.24, 2.45) is 23.5 Å². The maximum Gasteiger partial charge on any atom is 0.513 e.